The lowest BCUT2D eigenvalue weighted by atomic mass is 10.1. The first-order valence-electron chi connectivity index (χ1n) is 4.85. The summed E-state index contributed by atoms with van der Waals surface area (Å²) in [6, 6.07) is 5.39. The van der Waals surface area contributed by atoms with E-state index in [4.69, 9.17) is 32.7 Å². The van der Waals surface area contributed by atoms with Crippen molar-refractivity contribution in [3.8, 4) is 0 Å². The standard InChI is InChI=1S/C11H12Cl2O2/c1-7(14-5-9-6-15-9)10-4-8(12)2-3-11(10)13/h2-4,7,9H,5-6H2,1H3/t7-,9-/m0/s1. The van der Waals surface area contributed by atoms with Crippen molar-refractivity contribution in [2.75, 3.05) is 13.2 Å². The zero-order valence-corrected chi connectivity index (χ0v) is 9.89. The van der Waals surface area contributed by atoms with Crippen molar-refractivity contribution in [1.82, 2.24) is 0 Å². The van der Waals surface area contributed by atoms with Crippen molar-refractivity contribution in [2.24, 2.45) is 0 Å². The summed E-state index contributed by atoms with van der Waals surface area (Å²) >= 11 is 11.9. The molecular formula is C11H12Cl2O2. The Hall–Kier alpha value is -0.280. The monoisotopic (exact) mass is 246 g/mol. The van der Waals surface area contributed by atoms with Gasteiger partial charge in [-0.1, -0.05) is 23.2 Å². The van der Waals surface area contributed by atoms with Gasteiger partial charge < -0.3 is 9.47 Å². The van der Waals surface area contributed by atoms with Gasteiger partial charge in [-0.25, -0.2) is 0 Å². The Kier molecular flexibility index (Phi) is 3.52. The molecule has 1 heterocycles. The van der Waals surface area contributed by atoms with Crippen molar-refractivity contribution < 1.29 is 9.47 Å². The van der Waals surface area contributed by atoms with Crippen molar-refractivity contribution in [2.45, 2.75) is 19.1 Å². The molecule has 4 heteroatoms. The first-order chi connectivity index (χ1) is 7.16. The molecular weight excluding hydrogens is 235 g/mol. The summed E-state index contributed by atoms with van der Waals surface area (Å²) in [5.41, 5.74) is 0.921. The van der Waals surface area contributed by atoms with Crippen LogP contribution in [0.4, 0.5) is 0 Å². The maximum Gasteiger partial charge on any atom is 0.104 e. The number of hydrogen-bond donors (Lipinski definition) is 0. The average molecular weight is 247 g/mol. The van der Waals surface area contributed by atoms with E-state index in [9.17, 15) is 0 Å². The van der Waals surface area contributed by atoms with E-state index in [0.717, 1.165) is 12.2 Å². The lowest BCUT2D eigenvalue weighted by Gasteiger charge is -2.14. The highest BCUT2D eigenvalue weighted by molar-refractivity contribution is 6.33. The van der Waals surface area contributed by atoms with Crippen LogP contribution in [0.15, 0.2) is 18.2 Å². The van der Waals surface area contributed by atoms with Crippen LogP contribution in [0.5, 0.6) is 0 Å². The average Bonchev–Trinajstić information content (AvgIpc) is 3.02. The molecule has 1 aliphatic heterocycles. The number of epoxide rings is 1. The van der Waals surface area contributed by atoms with E-state index in [0.29, 0.717) is 16.7 Å². The van der Waals surface area contributed by atoms with Gasteiger partial charge in [0.05, 0.1) is 19.3 Å². The minimum absolute atomic E-state index is 0.0552. The van der Waals surface area contributed by atoms with Crippen molar-refractivity contribution in [3.05, 3.63) is 33.8 Å². The summed E-state index contributed by atoms with van der Waals surface area (Å²) in [6.45, 7) is 3.37. The highest BCUT2D eigenvalue weighted by Gasteiger charge is 2.24. The van der Waals surface area contributed by atoms with E-state index in [-0.39, 0.29) is 12.2 Å². The van der Waals surface area contributed by atoms with Crippen molar-refractivity contribution in [1.29, 1.82) is 0 Å². The van der Waals surface area contributed by atoms with Gasteiger partial charge in [0.1, 0.15) is 6.10 Å². The Balaban J connectivity index is 2.02. The molecule has 0 amide bonds. The Morgan fingerprint density at radius 1 is 1.53 bits per heavy atom. The molecule has 1 saturated heterocycles. The zero-order valence-electron chi connectivity index (χ0n) is 8.37. The van der Waals surface area contributed by atoms with E-state index in [1.807, 2.05) is 13.0 Å². The second-order valence-corrected chi connectivity index (χ2v) is 4.44. The second-order valence-electron chi connectivity index (χ2n) is 3.60. The quantitative estimate of drug-likeness (QED) is 0.760. The molecule has 0 radical (unpaired) electrons. The molecule has 1 fully saturated rings. The summed E-state index contributed by atoms with van der Waals surface area (Å²) in [5, 5.41) is 1.36. The van der Waals surface area contributed by atoms with E-state index in [2.05, 4.69) is 0 Å². The normalized spacial score (nSPS) is 21.4. The van der Waals surface area contributed by atoms with Gasteiger partial charge in [0.25, 0.3) is 0 Å². The van der Waals surface area contributed by atoms with Crippen LogP contribution in [0, 0.1) is 0 Å². The molecule has 1 aromatic carbocycles. The number of benzene rings is 1. The van der Waals surface area contributed by atoms with Crippen LogP contribution in [-0.4, -0.2) is 19.3 Å². The molecule has 0 N–H and O–H groups in total. The largest absolute Gasteiger partial charge is 0.371 e. The summed E-state index contributed by atoms with van der Waals surface area (Å²) < 4.78 is 10.7. The third kappa shape index (κ3) is 3.08. The van der Waals surface area contributed by atoms with Crippen LogP contribution < -0.4 is 0 Å². The Morgan fingerprint density at radius 3 is 2.93 bits per heavy atom. The number of ether oxygens (including phenoxy) is 2. The molecule has 2 atom stereocenters. The minimum atomic E-state index is -0.0552. The highest BCUT2D eigenvalue weighted by atomic mass is 35.5. The summed E-state index contributed by atoms with van der Waals surface area (Å²) in [4.78, 5) is 0. The molecule has 0 spiro atoms. The Morgan fingerprint density at radius 2 is 2.27 bits per heavy atom. The predicted molar refractivity (Wildman–Crippen MR) is 60.6 cm³/mol. The number of hydrogen-bond acceptors (Lipinski definition) is 2. The topological polar surface area (TPSA) is 21.8 Å². The third-order valence-electron chi connectivity index (χ3n) is 2.33. The fourth-order valence-electron chi connectivity index (χ4n) is 1.33. The van der Waals surface area contributed by atoms with Crippen LogP contribution in [0.3, 0.4) is 0 Å². The molecule has 0 bridgehead atoms. The third-order valence-corrected chi connectivity index (χ3v) is 2.91. The molecule has 2 nitrogen and oxygen atoms in total. The Labute approximate surface area is 99.1 Å². The maximum atomic E-state index is 6.05. The summed E-state index contributed by atoms with van der Waals surface area (Å²) in [5.74, 6) is 0. The van der Waals surface area contributed by atoms with Crippen LogP contribution in [0.1, 0.15) is 18.6 Å². The van der Waals surface area contributed by atoms with Gasteiger partial charge in [-0.15, -0.1) is 0 Å². The number of halogens is 2. The van der Waals surface area contributed by atoms with E-state index >= 15 is 0 Å². The molecule has 0 aromatic heterocycles. The van der Waals surface area contributed by atoms with Gasteiger partial charge in [-0.3, -0.25) is 0 Å². The Bertz CT molecular complexity index is 350. The summed E-state index contributed by atoms with van der Waals surface area (Å²) in [7, 11) is 0. The SMILES string of the molecule is C[C@H](OC[C@H]1CO1)c1cc(Cl)ccc1Cl. The molecule has 0 aliphatic carbocycles. The molecule has 2 rings (SSSR count). The fraction of sp³-hybridized carbons (Fsp3) is 0.455. The molecule has 82 valence electrons. The lowest BCUT2D eigenvalue weighted by molar-refractivity contribution is 0.0540. The molecule has 1 aliphatic rings. The molecule has 1 aromatic rings. The van der Waals surface area contributed by atoms with Crippen molar-refractivity contribution in [3.63, 3.8) is 0 Å². The van der Waals surface area contributed by atoms with E-state index in [1.165, 1.54) is 0 Å². The van der Waals surface area contributed by atoms with Crippen LogP contribution >= 0.6 is 23.2 Å². The van der Waals surface area contributed by atoms with Gasteiger partial charge >= 0.3 is 0 Å². The van der Waals surface area contributed by atoms with E-state index in [1.54, 1.807) is 12.1 Å². The second kappa shape index (κ2) is 4.71. The fourth-order valence-corrected chi connectivity index (χ4v) is 1.78. The predicted octanol–water partition coefficient (Wildman–Crippen LogP) is 3.47. The first kappa shape index (κ1) is 11.2. The van der Waals surface area contributed by atoms with Crippen LogP contribution in [0.25, 0.3) is 0 Å². The van der Waals surface area contributed by atoms with Gasteiger partial charge in [0.15, 0.2) is 0 Å². The van der Waals surface area contributed by atoms with Gasteiger partial charge in [-0.05, 0) is 25.1 Å². The van der Waals surface area contributed by atoms with Gasteiger partial charge in [0, 0.05) is 15.6 Å². The lowest BCUT2D eigenvalue weighted by Crippen LogP contribution is -2.06. The van der Waals surface area contributed by atoms with Crippen LogP contribution in [0.2, 0.25) is 10.0 Å². The smallest absolute Gasteiger partial charge is 0.104 e. The molecule has 15 heavy (non-hydrogen) atoms. The minimum Gasteiger partial charge on any atom is -0.371 e. The van der Waals surface area contributed by atoms with Crippen LogP contribution in [-0.2, 0) is 9.47 Å². The maximum absolute atomic E-state index is 6.05. The zero-order chi connectivity index (χ0) is 10.8. The molecule has 0 unspecified atom stereocenters. The van der Waals surface area contributed by atoms with Gasteiger partial charge in [-0.2, -0.15) is 0 Å². The van der Waals surface area contributed by atoms with Gasteiger partial charge in [0.2, 0.25) is 0 Å². The highest BCUT2D eigenvalue weighted by Crippen LogP contribution is 2.28. The number of rotatable bonds is 4. The summed E-state index contributed by atoms with van der Waals surface area (Å²) in [6.07, 6.45) is 0.214. The molecule has 0 saturated carbocycles. The van der Waals surface area contributed by atoms with Crippen molar-refractivity contribution >= 4 is 23.2 Å². The van der Waals surface area contributed by atoms with E-state index < -0.39 is 0 Å². The first-order valence-corrected chi connectivity index (χ1v) is 5.60.